The molecule has 26 heavy (non-hydrogen) atoms. The molecule has 8 nitrogen and oxygen atoms in total. The van der Waals surface area contributed by atoms with Gasteiger partial charge in [-0.1, -0.05) is 12.1 Å². The molecular formula is C18H14N2O6. The summed E-state index contributed by atoms with van der Waals surface area (Å²) in [5, 5.41) is 10.8. The molecule has 0 amide bonds. The predicted octanol–water partition coefficient (Wildman–Crippen LogP) is 2.96. The van der Waals surface area contributed by atoms with Gasteiger partial charge in [0.1, 0.15) is 0 Å². The first-order valence-electron chi connectivity index (χ1n) is 7.51. The number of non-ortho nitro benzene ring substituents is 1. The number of rotatable bonds is 5. The van der Waals surface area contributed by atoms with Gasteiger partial charge in [0.2, 0.25) is 5.90 Å². The lowest BCUT2D eigenvalue weighted by atomic mass is 10.1. The number of benzene rings is 2. The molecule has 132 valence electrons. The zero-order chi connectivity index (χ0) is 18.7. The van der Waals surface area contributed by atoms with Crippen LogP contribution in [-0.4, -0.2) is 31.0 Å². The smallest absolute Gasteiger partial charge is 0.363 e. The molecule has 0 spiro atoms. The van der Waals surface area contributed by atoms with Gasteiger partial charge in [0.25, 0.3) is 5.69 Å². The quantitative estimate of drug-likeness (QED) is 0.354. The molecule has 1 heterocycles. The van der Waals surface area contributed by atoms with Crippen molar-refractivity contribution in [3.63, 3.8) is 0 Å². The number of cyclic esters (lactones) is 1. The Bertz CT molecular complexity index is 948. The molecular weight excluding hydrogens is 340 g/mol. The highest BCUT2D eigenvalue weighted by molar-refractivity contribution is 6.13. The molecule has 0 N–H and O–H groups in total. The number of nitro groups is 1. The molecule has 0 bridgehead atoms. The van der Waals surface area contributed by atoms with Gasteiger partial charge in [-0.05, 0) is 29.8 Å². The first kappa shape index (κ1) is 17.2. The van der Waals surface area contributed by atoms with E-state index >= 15 is 0 Å². The fourth-order valence-corrected chi connectivity index (χ4v) is 2.39. The minimum absolute atomic E-state index is 0.0512. The van der Waals surface area contributed by atoms with E-state index in [1.807, 2.05) is 0 Å². The third kappa shape index (κ3) is 3.39. The number of ether oxygens (including phenoxy) is 3. The maximum atomic E-state index is 12.1. The average Bonchev–Trinajstić information content (AvgIpc) is 3.01. The fraction of sp³-hybridized carbons (Fsp3) is 0.111. The van der Waals surface area contributed by atoms with Gasteiger partial charge in [-0.2, -0.15) is 0 Å². The number of carbonyl (C=O) groups excluding carboxylic acids is 1. The summed E-state index contributed by atoms with van der Waals surface area (Å²) in [4.78, 5) is 26.6. The summed E-state index contributed by atoms with van der Waals surface area (Å²) in [6.07, 6.45) is 1.43. The van der Waals surface area contributed by atoms with Gasteiger partial charge in [0, 0.05) is 17.7 Å². The van der Waals surface area contributed by atoms with Gasteiger partial charge in [0.05, 0.1) is 19.1 Å². The normalized spacial score (nSPS) is 14.8. The number of hydrogen-bond donors (Lipinski definition) is 0. The predicted molar refractivity (Wildman–Crippen MR) is 93.2 cm³/mol. The van der Waals surface area contributed by atoms with E-state index in [0.717, 1.165) is 0 Å². The lowest BCUT2D eigenvalue weighted by Gasteiger charge is -2.08. The summed E-state index contributed by atoms with van der Waals surface area (Å²) in [5.74, 6) is 0.488. The van der Waals surface area contributed by atoms with Crippen LogP contribution in [0.25, 0.3) is 6.08 Å². The molecule has 0 aliphatic carbocycles. The second-order valence-electron chi connectivity index (χ2n) is 5.26. The third-order valence-electron chi connectivity index (χ3n) is 3.64. The highest BCUT2D eigenvalue weighted by atomic mass is 16.6. The summed E-state index contributed by atoms with van der Waals surface area (Å²) in [6.45, 7) is 0. The zero-order valence-electron chi connectivity index (χ0n) is 14.0. The Morgan fingerprint density at radius 3 is 2.58 bits per heavy atom. The Hall–Kier alpha value is -3.68. The van der Waals surface area contributed by atoms with Crippen LogP contribution in [-0.2, 0) is 9.53 Å². The molecule has 0 fully saturated rings. The maximum absolute atomic E-state index is 12.1. The van der Waals surface area contributed by atoms with Gasteiger partial charge in [-0.25, -0.2) is 9.79 Å². The van der Waals surface area contributed by atoms with Crippen molar-refractivity contribution in [1.82, 2.24) is 0 Å². The van der Waals surface area contributed by atoms with Gasteiger partial charge < -0.3 is 14.2 Å². The van der Waals surface area contributed by atoms with Crippen molar-refractivity contribution >= 4 is 23.6 Å². The van der Waals surface area contributed by atoms with E-state index in [1.54, 1.807) is 24.3 Å². The average molecular weight is 354 g/mol. The highest BCUT2D eigenvalue weighted by Gasteiger charge is 2.25. The van der Waals surface area contributed by atoms with Crippen LogP contribution >= 0.6 is 0 Å². The van der Waals surface area contributed by atoms with Crippen molar-refractivity contribution in [3.05, 3.63) is 69.4 Å². The molecule has 8 heteroatoms. The number of nitro benzene ring substituents is 1. The Labute approximate surface area is 148 Å². The van der Waals surface area contributed by atoms with Gasteiger partial charge in [-0.15, -0.1) is 0 Å². The Morgan fingerprint density at radius 1 is 1.12 bits per heavy atom. The molecule has 1 aliphatic rings. The van der Waals surface area contributed by atoms with E-state index in [-0.39, 0.29) is 17.3 Å². The van der Waals surface area contributed by atoms with E-state index in [2.05, 4.69) is 4.99 Å². The van der Waals surface area contributed by atoms with E-state index in [9.17, 15) is 14.9 Å². The monoisotopic (exact) mass is 354 g/mol. The molecule has 2 aromatic rings. The van der Waals surface area contributed by atoms with Crippen molar-refractivity contribution in [2.45, 2.75) is 0 Å². The maximum Gasteiger partial charge on any atom is 0.363 e. The van der Waals surface area contributed by atoms with E-state index in [1.165, 1.54) is 38.5 Å². The van der Waals surface area contributed by atoms with Crippen LogP contribution < -0.4 is 9.47 Å². The Balaban J connectivity index is 1.94. The van der Waals surface area contributed by atoms with Gasteiger partial charge in [-0.3, -0.25) is 10.1 Å². The Morgan fingerprint density at radius 2 is 1.88 bits per heavy atom. The number of aliphatic imine (C=N–C) groups is 1. The summed E-state index contributed by atoms with van der Waals surface area (Å²) in [5.41, 5.74) is 0.993. The zero-order valence-corrected chi connectivity index (χ0v) is 14.0. The number of hydrogen-bond acceptors (Lipinski definition) is 7. The first-order valence-corrected chi connectivity index (χ1v) is 7.51. The van der Waals surface area contributed by atoms with Gasteiger partial charge >= 0.3 is 5.97 Å². The summed E-state index contributed by atoms with van der Waals surface area (Å²) < 4.78 is 15.6. The minimum atomic E-state index is -0.638. The second kappa shape index (κ2) is 7.06. The standard InChI is InChI=1S/C18H14N2O6/c1-24-15-7-6-12(10-16(15)25-2)17-19-14(18(21)26-17)9-11-4-3-5-13(8-11)20(22)23/h3-10H,1-2H3/b14-9-. The molecule has 1 aliphatic heterocycles. The van der Waals surface area contributed by atoms with Crippen LogP contribution in [0.2, 0.25) is 0 Å². The Kier molecular flexibility index (Phi) is 4.66. The molecule has 0 unspecified atom stereocenters. The number of esters is 1. The van der Waals surface area contributed by atoms with Crippen LogP contribution in [0.3, 0.4) is 0 Å². The van der Waals surface area contributed by atoms with Crippen LogP contribution in [0.1, 0.15) is 11.1 Å². The fourth-order valence-electron chi connectivity index (χ4n) is 2.39. The highest BCUT2D eigenvalue weighted by Crippen LogP contribution is 2.29. The second-order valence-corrected chi connectivity index (χ2v) is 5.26. The van der Waals surface area contributed by atoms with Crippen LogP contribution in [0, 0.1) is 10.1 Å². The summed E-state index contributed by atoms with van der Waals surface area (Å²) >= 11 is 0. The number of methoxy groups -OCH3 is 2. The van der Waals surface area contributed by atoms with E-state index < -0.39 is 10.9 Å². The van der Waals surface area contributed by atoms with E-state index in [0.29, 0.717) is 22.6 Å². The van der Waals surface area contributed by atoms with Crippen molar-refractivity contribution < 1.29 is 23.9 Å². The number of carbonyl (C=O) groups is 1. The van der Waals surface area contributed by atoms with Crippen molar-refractivity contribution in [2.75, 3.05) is 14.2 Å². The summed E-state index contributed by atoms with van der Waals surface area (Å²) in [6, 6.07) is 10.9. The van der Waals surface area contributed by atoms with Crippen LogP contribution in [0.4, 0.5) is 5.69 Å². The number of nitrogens with zero attached hydrogens (tertiary/aromatic N) is 2. The lowest BCUT2D eigenvalue weighted by Crippen LogP contribution is -2.06. The van der Waals surface area contributed by atoms with Crippen molar-refractivity contribution in [1.29, 1.82) is 0 Å². The first-order chi connectivity index (χ1) is 12.5. The summed E-state index contributed by atoms with van der Waals surface area (Å²) in [7, 11) is 3.02. The molecule has 0 saturated carbocycles. The van der Waals surface area contributed by atoms with Crippen LogP contribution in [0.5, 0.6) is 11.5 Å². The molecule has 3 rings (SSSR count). The van der Waals surface area contributed by atoms with Crippen molar-refractivity contribution in [3.8, 4) is 11.5 Å². The molecule has 0 aromatic heterocycles. The van der Waals surface area contributed by atoms with Crippen LogP contribution in [0.15, 0.2) is 53.2 Å². The molecule has 0 saturated heterocycles. The molecule has 0 atom stereocenters. The minimum Gasteiger partial charge on any atom is -0.493 e. The van der Waals surface area contributed by atoms with Gasteiger partial charge in [0.15, 0.2) is 17.2 Å². The largest absolute Gasteiger partial charge is 0.493 e. The molecule has 2 aromatic carbocycles. The SMILES string of the molecule is COc1ccc(C2=N/C(=C\c3cccc([N+](=O)[O-])c3)C(=O)O2)cc1OC. The third-order valence-corrected chi connectivity index (χ3v) is 3.64. The topological polar surface area (TPSA) is 100 Å². The van der Waals surface area contributed by atoms with E-state index in [4.69, 9.17) is 14.2 Å². The molecule has 0 radical (unpaired) electrons. The van der Waals surface area contributed by atoms with Crippen molar-refractivity contribution in [2.24, 2.45) is 4.99 Å². The lowest BCUT2D eigenvalue weighted by molar-refractivity contribution is -0.384.